The Morgan fingerprint density at radius 1 is 1.25 bits per heavy atom. The van der Waals surface area contributed by atoms with Crippen LogP contribution in [0.25, 0.3) is 0 Å². The average Bonchev–Trinajstić information content (AvgIpc) is 3.44. The van der Waals surface area contributed by atoms with Gasteiger partial charge in [0.05, 0.1) is 25.6 Å². The minimum atomic E-state index is 0.432. The fraction of sp³-hybridized carbons (Fsp3) is 0.526. The summed E-state index contributed by atoms with van der Waals surface area (Å²) in [6.07, 6.45) is 5.54. The Bertz CT molecular complexity index is 828. The highest BCUT2D eigenvalue weighted by atomic mass is 16.5. The number of nitrogens with one attached hydrogen (secondary N) is 2. The summed E-state index contributed by atoms with van der Waals surface area (Å²) in [5.41, 5.74) is 4.05. The Morgan fingerprint density at radius 3 is 2.86 bits per heavy atom. The van der Waals surface area contributed by atoms with Crippen LogP contribution in [0.4, 0.5) is 17.5 Å². The fourth-order valence-electron chi connectivity index (χ4n) is 3.56. The number of nitrogen functional groups attached to an aromatic ring is 1. The summed E-state index contributed by atoms with van der Waals surface area (Å²) in [6.45, 7) is 4.83. The van der Waals surface area contributed by atoms with Gasteiger partial charge in [-0.3, -0.25) is 4.90 Å². The molecule has 4 N–H and O–H groups in total. The van der Waals surface area contributed by atoms with Crippen molar-refractivity contribution in [2.75, 3.05) is 37.5 Å². The van der Waals surface area contributed by atoms with Gasteiger partial charge in [-0.1, -0.05) is 0 Å². The Morgan fingerprint density at radius 2 is 2.11 bits per heavy atom. The number of hydrogen-bond donors (Lipinski definition) is 3. The van der Waals surface area contributed by atoms with Gasteiger partial charge in [0.2, 0.25) is 5.95 Å². The number of pyridine rings is 1. The minimum Gasteiger partial charge on any atom is -0.488 e. The largest absolute Gasteiger partial charge is 0.488 e. The van der Waals surface area contributed by atoms with Crippen LogP contribution in [0.3, 0.4) is 0 Å². The maximum atomic E-state index is 6.08. The van der Waals surface area contributed by atoms with Gasteiger partial charge in [0.1, 0.15) is 5.82 Å². The second kappa shape index (κ2) is 8.15. The van der Waals surface area contributed by atoms with E-state index in [1.165, 1.54) is 25.8 Å². The summed E-state index contributed by atoms with van der Waals surface area (Å²) in [4.78, 5) is 15.6. The van der Waals surface area contributed by atoms with E-state index >= 15 is 0 Å². The lowest BCUT2D eigenvalue weighted by molar-refractivity contribution is 0.228. The monoisotopic (exact) mass is 385 g/mol. The van der Waals surface area contributed by atoms with Crippen LogP contribution in [0.1, 0.15) is 25.0 Å². The Balaban J connectivity index is 1.43. The molecule has 0 amide bonds. The molecule has 1 aliphatic carbocycles. The number of nitrogens with zero attached hydrogens (tertiary/aromatic N) is 4. The first-order valence-electron chi connectivity index (χ1n) is 9.65. The first kappa shape index (κ1) is 18.7. The van der Waals surface area contributed by atoms with E-state index in [2.05, 4.69) is 30.6 Å². The zero-order chi connectivity index (χ0) is 19.5. The lowest BCUT2D eigenvalue weighted by Gasteiger charge is -2.16. The van der Waals surface area contributed by atoms with Crippen molar-refractivity contribution in [3.05, 3.63) is 24.0 Å². The maximum Gasteiger partial charge on any atom is 0.256 e. The van der Waals surface area contributed by atoms with Crippen LogP contribution in [0.15, 0.2) is 18.3 Å². The molecule has 9 heteroatoms. The molecule has 2 fully saturated rings. The van der Waals surface area contributed by atoms with Crippen LogP contribution >= 0.6 is 0 Å². The highest BCUT2D eigenvalue weighted by molar-refractivity contribution is 5.58. The molecule has 3 heterocycles. The molecule has 2 aliphatic rings. The van der Waals surface area contributed by atoms with Gasteiger partial charge in [-0.05, 0) is 32.7 Å². The average molecular weight is 385 g/mol. The van der Waals surface area contributed by atoms with Crippen molar-refractivity contribution in [1.29, 1.82) is 0 Å². The van der Waals surface area contributed by atoms with Crippen molar-refractivity contribution >= 4 is 17.5 Å². The summed E-state index contributed by atoms with van der Waals surface area (Å²) in [6, 6.07) is 4.44. The molecular formula is C19H27N7O2. The topological polar surface area (TPSA) is 110 Å². The summed E-state index contributed by atoms with van der Waals surface area (Å²) >= 11 is 0. The summed E-state index contributed by atoms with van der Waals surface area (Å²) in [7, 11) is 1.59. The molecular weight excluding hydrogens is 358 g/mol. The van der Waals surface area contributed by atoms with Crippen LogP contribution in [0.5, 0.6) is 11.6 Å². The van der Waals surface area contributed by atoms with E-state index < -0.39 is 0 Å². The molecule has 1 atom stereocenters. The lowest BCUT2D eigenvalue weighted by Crippen LogP contribution is -2.24. The van der Waals surface area contributed by atoms with Crippen LogP contribution in [-0.4, -0.2) is 52.7 Å². The van der Waals surface area contributed by atoms with Crippen molar-refractivity contribution < 1.29 is 9.47 Å². The summed E-state index contributed by atoms with van der Waals surface area (Å²) < 4.78 is 11.4. The van der Waals surface area contributed by atoms with Crippen molar-refractivity contribution in [2.24, 2.45) is 11.8 Å². The van der Waals surface area contributed by atoms with E-state index in [9.17, 15) is 0 Å². The van der Waals surface area contributed by atoms with Gasteiger partial charge < -0.3 is 20.2 Å². The molecule has 9 nitrogen and oxygen atoms in total. The predicted octanol–water partition coefficient (Wildman–Crippen LogP) is 2.08. The smallest absolute Gasteiger partial charge is 0.256 e. The lowest BCUT2D eigenvalue weighted by atomic mass is 10.1. The molecule has 28 heavy (non-hydrogen) atoms. The normalized spacial score (nSPS) is 19.5. The van der Waals surface area contributed by atoms with Crippen molar-refractivity contribution in [1.82, 2.24) is 19.9 Å². The second-order valence-electron chi connectivity index (χ2n) is 7.41. The van der Waals surface area contributed by atoms with E-state index in [0.29, 0.717) is 35.9 Å². The van der Waals surface area contributed by atoms with Crippen LogP contribution in [0, 0.1) is 12.8 Å². The number of aryl methyl sites for hydroxylation is 1. The highest BCUT2D eigenvalue weighted by Gasteiger charge is 2.34. The van der Waals surface area contributed by atoms with Crippen LogP contribution in [0.2, 0.25) is 0 Å². The highest BCUT2D eigenvalue weighted by Crippen LogP contribution is 2.33. The summed E-state index contributed by atoms with van der Waals surface area (Å²) in [5, 5.41) is 3.15. The molecule has 1 saturated carbocycles. The van der Waals surface area contributed by atoms with Gasteiger partial charge >= 0.3 is 0 Å². The molecule has 0 bridgehead atoms. The molecule has 1 aliphatic heterocycles. The zero-order valence-corrected chi connectivity index (χ0v) is 16.3. The molecule has 4 rings (SSSR count). The first-order valence-corrected chi connectivity index (χ1v) is 9.65. The van der Waals surface area contributed by atoms with E-state index in [1.54, 1.807) is 19.4 Å². The van der Waals surface area contributed by atoms with Crippen molar-refractivity contribution in [3.63, 3.8) is 0 Å². The standard InChI is InChI=1S/C19H27N7O2/c1-12-7-17(25-20)24-19(22-12)23-14-8-16(18(27-2)21-9-14)28-11-13-5-6-26(10-13)15-3-4-15/h7-9,13,15H,3-6,10-11,20H2,1-2H3,(H2,22,23,24,25)/t13-/m0/s1. The number of likely N-dealkylation sites (tertiary alicyclic amines) is 1. The number of aromatic nitrogens is 3. The van der Waals surface area contributed by atoms with Crippen LogP contribution in [-0.2, 0) is 0 Å². The SMILES string of the molecule is COc1ncc(Nc2nc(C)cc(NN)n2)cc1OC[C@H]1CCN(C2CC2)C1. The number of hydrogen-bond acceptors (Lipinski definition) is 9. The number of methoxy groups -OCH3 is 1. The number of rotatable bonds is 8. The molecule has 0 radical (unpaired) electrons. The summed E-state index contributed by atoms with van der Waals surface area (Å²) in [5.74, 6) is 8.05. The van der Waals surface area contributed by atoms with Crippen molar-refractivity contribution in [3.8, 4) is 11.6 Å². The van der Waals surface area contributed by atoms with E-state index in [0.717, 1.165) is 24.0 Å². The fourth-order valence-corrected chi connectivity index (χ4v) is 3.56. The Hall–Kier alpha value is -2.65. The molecule has 0 spiro atoms. The van der Waals surface area contributed by atoms with E-state index in [-0.39, 0.29) is 0 Å². The molecule has 0 unspecified atom stereocenters. The Kier molecular flexibility index (Phi) is 5.45. The zero-order valence-electron chi connectivity index (χ0n) is 16.3. The van der Waals surface area contributed by atoms with E-state index in [4.69, 9.17) is 15.3 Å². The molecule has 0 aromatic carbocycles. The van der Waals surface area contributed by atoms with Gasteiger partial charge in [0.15, 0.2) is 5.75 Å². The minimum absolute atomic E-state index is 0.432. The second-order valence-corrected chi connectivity index (χ2v) is 7.41. The predicted molar refractivity (Wildman–Crippen MR) is 107 cm³/mol. The molecule has 2 aromatic heterocycles. The quantitative estimate of drug-likeness (QED) is 0.464. The van der Waals surface area contributed by atoms with Gasteiger partial charge in [-0.25, -0.2) is 15.8 Å². The number of nitrogens with two attached hydrogens (primary N) is 1. The van der Waals surface area contributed by atoms with Gasteiger partial charge in [-0.2, -0.15) is 4.98 Å². The number of anilines is 3. The third-order valence-corrected chi connectivity index (χ3v) is 5.12. The Labute approximate surface area is 164 Å². The molecule has 1 saturated heterocycles. The van der Waals surface area contributed by atoms with Gasteiger partial charge in [0.25, 0.3) is 5.88 Å². The first-order chi connectivity index (χ1) is 13.6. The van der Waals surface area contributed by atoms with Gasteiger partial charge in [-0.15, -0.1) is 0 Å². The number of ether oxygens (including phenoxy) is 2. The van der Waals surface area contributed by atoms with Crippen molar-refractivity contribution in [2.45, 2.75) is 32.2 Å². The molecule has 150 valence electrons. The third kappa shape index (κ3) is 4.42. The van der Waals surface area contributed by atoms with Gasteiger partial charge in [0, 0.05) is 36.3 Å². The third-order valence-electron chi connectivity index (χ3n) is 5.12. The maximum absolute atomic E-state index is 6.08. The van der Waals surface area contributed by atoms with Crippen LogP contribution < -0.4 is 26.1 Å². The molecule has 2 aromatic rings. The van der Waals surface area contributed by atoms with E-state index in [1.807, 2.05) is 13.0 Å². The number of hydrazine groups is 1.